The number of hydrogen-bond donors (Lipinski definition) is 1. The molecule has 0 saturated heterocycles. The van der Waals surface area contributed by atoms with Gasteiger partial charge in [-0.25, -0.2) is 4.98 Å². The first-order valence-corrected chi connectivity index (χ1v) is 9.54. The lowest BCUT2D eigenvalue weighted by atomic mass is 9.68. The van der Waals surface area contributed by atoms with Crippen LogP contribution in [0.1, 0.15) is 62.4 Å². The molecule has 0 bridgehead atoms. The predicted octanol–water partition coefficient (Wildman–Crippen LogP) is 3.89. The molecule has 1 atom stereocenters. The van der Waals surface area contributed by atoms with Gasteiger partial charge in [-0.05, 0) is 37.2 Å². The van der Waals surface area contributed by atoms with Crippen LogP contribution in [0.2, 0.25) is 0 Å². The second kappa shape index (κ2) is 6.66. The quantitative estimate of drug-likeness (QED) is 0.900. The zero-order valence-corrected chi connectivity index (χ0v) is 14.9. The minimum atomic E-state index is -0.377. The molecule has 0 radical (unpaired) electrons. The predicted molar refractivity (Wildman–Crippen MR) is 98.0 cm³/mol. The van der Waals surface area contributed by atoms with E-state index in [0.29, 0.717) is 5.92 Å². The van der Waals surface area contributed by atoms with E-state index in [-0.39, 0.29) is 17.4 Å². The standard InChI is InChI=1S/C21H27N3O/c1-24-15-14-22-19(24)18(16-10-11-16)23-20(25)21(12-6-3-7-13-21)17-8-4-2-5-9-17/h2,4-5,8-9,14-16,18H,3,6-7,10-13H2,1H3,(H,23,25). The van der Waals surface area contributed by atoms with Crippen molar-refractivity contribution in [2.75, 3.05) is 0 Å². The first-order chi connectivity index (χ1) is 12.2. The van der Waals surface area contributed by atoms with Crippen LogP contribution in [0.3, 0.4) is 0 Å². The molecule has 132 valence electrons. The molecule has 2 aliphatic rings. The van der Waals surface area contributed by atoms with Gasteiger partial charge in [-0.3, -0.25) is 4.79 Å². The van der Waals surface area contributed by atoms with Crippen molar-refractivity contribution in [3.63, 3.8) is 0 Å². The van der Waals surface area contributed by atoms with Crippen LogP contribution in [-0.4, -0.2) is 15.5 Å². The summed E-state index contributed by atoms with van der Waals surface area (Å²) in [4.78, 5) is 18.0. The van der Waals surface area contributed by atoms with Gasteiger partial charge in [0.1, 0.15) is 5.82 Å². The number of aromatic nitrogens is 2. The van der Waals surface area contributed by atoms with Crippen molar-refractivity contribution in [1.29, 1.82) is 0 Å². The summed E-state index contributed by atoms with van der Waals surface area (Å²) in [5, 5.41) is 3.41. The maximum atomic E-state index is 13.5. The Morgan fingerprint density at radius 2 is 1.92 bits per heavy atom. The first-order valence-electron chi connectivity index (χ1n) is 9.54. The fraction of sp³-hybridized carbons (Fsp3) is 0.524. The van der Waals surface area contributed by atoms with Crippen LogP contribution in [0.4, 0.5) is 0 Å². The smallest absolute Gasteiger partial charge is 0.231 e. The molecule has 2 fully saturated rings. The number of carbonyl (C=O) groups is 1. The summed E-state index contributed by atoms with van der Waals surface area (Å²) in [5.41, 5.74) is 0.791. The van der Waals surface area contributed by atoms with E-state index < -0.39 is 0 Å². The summed E-state index contributed by atoms with van der Waals surface area (Å²) in [6.45, 7) is 0. The average molecular weight is 337 g/mol. The van der Waals surface area contributed by atoms with Crippen LogP contribution in [0.25, 0.3) is 0 Å². The third kappa shape index (κ3) is 3.10. The number of rotatable bonds is 5. The van der Waals surface area contributed by atoms with Crippen LogP contribution < -0.4 is 5.32 Å². The lowest BCUT2D eigenvalue weighted by molar-refractivity contribution is -0.129. The van der Waals surface area contributed by atoms with E-state index in [1.165, 1.54) is 24.8 Å². The Labute approximate surface area is 149 Å². The van der Waals surface area contributed by atoms with Crippen LogP contribution >= 0.6 is 0 Å². The molecule has 1 aromatic heterocycles. The van der Waals surface area contributed by atoms with E-state index in [9.17, 15) is 4.79 Å². The molecule has 1 amide bonds. The van der Waals surface area contributed by atoms with Gasteiger partial charge in [-0.15, -0.1) is 0 Å². The topological polar surface area (TPSA) is 46.9 Å². The summed E-state index contributed by atoms with van der Waals surface area (Å²) in [5.74, 6) is 1.70. The van der Waals surface area contributed by atoms with Gasteiger partial charge in [0.15, 0.2) is 0 Å². The SMILES string of the molecule is Cn1ccnc1C(NC(=O)C1(c2ccccc2)CCCCC1)C1CC1. The van der Waals surface area contributed by atoms with Gasteiger partial charge in [-0.1, -0.05) is 49.6 Å². The molecular weight excluding hydrogens is 310 g/mol. The minimum Gasteiger partial charge on any atom is -0.345 e. The van der Waals surface area contributed by atoms with Crippen molar-refractivity contribution in [1.82, 2.24) is 14.9 Å². The van der Waals surface area contributed by atoms with Crippen LogP contribution in [0.15, 0.2) is 42.7 Å². The largest absolute Gasteiger partial charge is 0.345 e. The van der Waals surface area contributed by atoms with Gasteiger partial charge in [-0.2, -0.15) is 0 Å². The number of aryl methyl sites for hydroxylation is 1. The number of carbonyl (C=O) groups excluding carboxylic acids is 1. The van der Waals surface area contributed by atoms with Gasteiger partial charge in [0.25, 0.3) is 0 Å². The fourth-order valence-corrected chi connectivity index (χ4v) is 4.34. The summed E-state index contributed by atoms with van der Waals surface area (Å²) >= 11 is 0. The number of benzene rings is 1. The molecule has 4 rings (SSSR count). The molecule has 4 nitrogen and oxygen atoms in total. The Morgan fingerprint density at radius 3 is 2.52 bits per heavy atom. The summed E-state index contributed by atoms with van der Waals surface area (Å²) in [7, 11) is 2.01. The van der Waals surface area contributed by atoms with Gasteiger partial charge in [0.05, 0.1) is 11.5 Å². The van der Waals surface area contributed by atoms with E-state index in [0.717, 1.165) is 31.5 Å². The summed E-state index contributed by atoms with van der Waals surface area (Å²) < 4.78 is 2.04. The highest BCUT2D eigenvalue weighted by Crippen LogP contribution is 2.43. The van der Waals surface area contributed by atoms with Gasteiger partial charge in [0.2, 0.25) is 5.91 Å². The average Bonchev–Trinajstić information content (AvgIpc) is 3.42. The molecular formula is C21H27N3O. The van der Waals surface area contributed by atoms with E-state index in [1.807, 2.05) is 30.1 Å². The second-order valence-electron chi connectivity index (χ2n) is 7.69. The van der Waals surface area contributed by atoms with E-state index >= 15 is 0 Å². The number of amides is 1. The highest BCUT2D eigenvalue weighted by atomic mass is 16.2. The van der Waals surface area contributed by atoms with Crippen LogP contribution in [0.5, 0.6) is 0 Å². The Kier molecular flexibility index (Phi) is 4.36. The maximum Gasteiger partial charge on any atom is 0.231 e. The zero-order valence-electron chi connectivity index (χ0n) is 14.9. The van der Waals surface area contributed by atoms with E-state index in [2.05, 4.69) is 34.6 Å². The Balaban J connectivity index is 1.63. The first kappa shape index (κ1) is 16.4. The minimum absolute atomic E-state index is 0.0370. The molecule has 1 N–H and O–H groups in total. The van der Waals surface area contributed by atoms with Gasteiger partial charge >= 0.3 is 0 Å². The number of hydrogen-bond acceptors (Lipinski definition) is 2. The van der Waals surface area contributed by atoms with E-state index in [1.54, 1.807) is 0 Å². The van der Waals surface area contributed by atoms with Crippen LogP contribution in [-0.2, 0) is 17.3 Å². The molecule has 1 unspecified atom stereocenters. The molecule has 1 heterocycles. The molecule has 4 heteroatoms. The molecule has 2 aliphatic carbocycles. The summed E-state index contributed by atoms with van der Waals surface area (Å²) in [6, 6.07) is 10.4. The van der Waals surface area contributed by atoms with Gasteiger partial charge in [0, 0.05) is 19.4 Å². The van der Waals surface area contributed by atoms with E-state index in [4.69, 9.17) is 0 Å². The van der Waals surface area contributed by atoms with Crippen molar-refractivity contribution < 1.29 is 4.79 Å². The number of nitrogens with one attached hydrogen (secondary N) is 1. The molecule has 2 saturated carbocycles. The Bertz CT molecular complexity index is 727. The maximum absolute atomic E-state index is 13.5. The Hall–Kier alpha value is -2.10. The zero-order chi connectivity index (χ0) is 17.3. The normalized spacial score (nSPS) is 20.8. The lowest BCUT2D eigenvalue weighted by Gasteiger charge is -2.37. The third-order valence-corrected chi connectivity index (χ3v) is 5.98. The number of imidazole rings is 1. The molecule has 0 spiro atoms. The van der Waals surface area contributed by atoms with Crippen molar-refractivity contribution in [3.8, 4) is 0 Å². The van der Waals surface area contributed by atoms with Crippen molar-refractivity contribution in [2.45, 2.75) is 56.4 Å². The van der Waals surface area contributed by atoms with Gasteiger partial charge < -0.3 is 9.88 Å². The molecule has 1 aromatic carbocycles. The number of nitrogens with zero attached hydrogens (tertiary/aromatic N) is 2. The second-order valence-corrected chi connectivity index (χ2v) is 7.69. The van der Waals surface area contributed by atoms with Crippen molar-refractivity contribution in [2.24, 2.45) is 13.0 Å². The molecule has 25 heavy (non-hydrogen) atoms. The monoisotopic (exact) mass is 337 g/mol. The molecule has 0 aliphatic heterocycles. The van der Waals surface area contributed by atoms with Crippen LogP contribution in [0, 0.1) is 5.92 Å². The highest BCUT2D eigenvalue weighted by Gasteiger charge is 2.44. The third-order valence-electron chi connectivity index (χ3n) is 5.98. The molecule has 2 aromatic rings. The van der Waals surface area contributed by atoms with Crippen molar-refractivity contribution >= 4 is 5.91 Å². The van der Waals surface area contributed by atoms with Crippen molar-refractivity contribution in [3.05, 3.63) is 54.1 Å². The lowest BCUT2D eigenvalue weighted by Crippen LogP contribution is -2.47. The summed E-state index contributed by atoms with van der Waals surface area (Å²) in [6.07, 6.45) is 11.5. The fourth-order valence-electron chi connectivity index (χ4n) is 4.34. The highest BCUT2D eigenvalue weighted by molar-refractivity contribution is 5.88. The Morgan fingerprint density at radius 1 is 1.20 bits per heavy atom.